The maximum atomic E-state index is 13.2. The van der Waals surface area contributed by atoms with Crippen molar-refractivity contribution < 1.29 is 23.0 Å². The van der Waals surface area contributed by atoms with Crippen LogP contribution in [0.2, 0.25) is 0 Å². The molecule has 1 aromatic rings. The lowest BCUT2D eigenvalue weighted by atomic mass is 10.0. The van der Waals surface area contributed by atoms with Gasteiger partial charge in [-0.3, -0.25) is 4.79 Å². The molecule has 0 unspecified atom stereocenters. The van der Waals surface area contributed by atoms with Gasteiger partial charge < -0.3 is 14.4 Å². The molecule has 0 radical (unpaired) electrons. The number of carbonyl (C=O) groups excluding carboxylic acids is 1. The Bertz CT molecular complexity index is 598. The Morgan fingerprint density at radius 3 is 2.48 bits per heavy atom. The van der Waals surface area contributed by atoms with Gasteiger partial charge >= 0.3 is 0 Å². The van der Waals surface area contributed by atoms with Crippen LogP contribution in [0.3, 0.4) is 0 Å². The van der Waals surface area contributed by atoms with Crippen molar-refractivity contribution in [1.82, 2.24) is 4.90 Å². The SMILES string of the molecule is CCOc1cc(Br)c(CC(=O)N2CCCC[C@H]2C(F)F)cc1OCC. The smallest absolute Gasteiger partial charge is 0.258 e. The lowest BCUT2D eigenvalue weighted by molar-refractivity contribution is -0.138. The van der Waals surface area contributed by atoms with E-state index in [1.807, 2.05) is 13.8 Å². The molecule has 1 fully saturated rings. The summed E-state index contributed by atoms with van der Waals surface area (Å²) in [7, 11) is 0. The third-order valence-electron chi connectivity index (χ3n) is 4.21. The van der Waals surface area contributed by atoms with E-state index in [4.69, 9.17) is 9.47 Å². The number of halogens is 3. The van der Waals surface area contributed by atoms with Crippen LogP contribution in [0.4, 0.5) is 8.78 Å². The number of likely N-dealkylation sites (tertiary alicyclic amines) is 1. The zero-order valence-corrected chi connectivity index (χ0v) is 16.2. The summed E-state index contributed by atoms with van der Waals surface area (Å²) in [6, 6.07) is 2.53. The number of ether oxygens (including phenoxy) is 2. The number of piperidine rings is 1. The predicted octanol–water partition coefficient (Wildman–Crippen LogP) is 4.44. The third kappa shape index (κ3) is 5.06. The molecular formula is C18H24BrF2NO3. The van der Waals surface area contributed by atoms with Crippen LogP contribution >= 0.6 is 15.9 Å². The normalized spacial score (nSPS) is 17.7. The number of hydrogen-bond acceptors (Lipinski definition) is 3. The first-order chi connectivity index (χ1) is 12.0. The number of nitrogens with zero attached hydrogens (tertiary/aromatic N) is 1. The van der Waals surface area contributed by atoms with E-state index in [0.29, 0.717) is 47.7 Å². The van der Waals surface area contributed by atoms with E-state index in [9.17, 15) is 13.6 Å². The Morgan fingerprint density at radius 2 is 1.88 bits per heavy atom. The molecule has 1 saturated heterocycles. The highest BCUT2D eigenvalue weighted by Crippen LogP contribution is 2.34. The zero-order chi connectivity index (χ0) is 18.4. The molecule has 0 N–H and O–H groups in total. The van der Waals surface area contributed by atoms with E-state index in [1.165, 1.54) is 4.90 Å². The van der Waals surface area contributed by atoms with Crippen molar-refractivity contribution >= 4 is 21.8 Å². The molecule has 4 nitrogen and oxygen atoms in total. The van der Waals surface area contributed by atoms with Gasteiger partial charge in [0, 0.05) is 11.0 Å². The molecule has 1 heterocycles. The summed E-state index contributed by atoms with van der Waals surface area (Å²) < 4.78 is 38.3. The van der Waals surface area contributed by atoms with Gasteiger partial charge in [-0.15, -0.1) is 0 Å². The van der Waals surface area contributed by atoms with Gasteiger partial charge in [0.05, 0.1) is 25.7 Å². The fourth-order valence-corrected chi connectivity index (χ4v) is 3.51. The van der Waals surface area contributed by atoms with Gasteiger partial charge in [-0.25, -0.2) is 8.78 Å². The monoisotopic (exact) mass is 419 g/mol. The number of benzene rings is 1. The quantitative estimate of drug-likeness (QED) is 0.655. The first-order valence-electron chi connectivity index (χ1n) is 8.63. The van der Waals surface area contributed by atoms with Gasteiger partial charge in [-0.05, 0) is 50.8 Å². The number of amides is 1. The summed E-state index contributed by atoms with van der Waals surface area (Å²) in [6.07, 6.45) is -0.593. The van der Waals surface area contributed by atoms with Gasteiger partial charge in [0.25, 0.3) is 6.43 Å². The van der Waals surface area contributed by atoms with Gasteiger partial charge in [-0.2, -0.15) is 0 Å². The van der Waals surface area contributed by atoms with Crippen LogP contribution < -0.4 is 9.47 Å². The van der Waals surface area contributed by atoms with Crippen molar-refractivity contribution in [2.45, 2.75) is 52.0 Å². The lowest BCUT2D eigenvalue weighted by Crippen LogP contribution is -2.48. The molecule has 1 aliphatic heterocycles. The van der Waals surface area contributed by atoms with Gasteiger partial charge in [0.2, 0.25) is 5.91 Å². The van der Waals surface area contributed by atoms with Gasteiger partial charge in [-0.1, -0.05) is 15.9 Å². The largest absolute Gasteiger partial charge is 0.490 e. The Kier molecular flexibility index (Phi) is 7.47. The van der Waals surface area contributed by atoms with Crippen LogP contribution in [-0.4, -0.2) is 43.0 Å². The van der Waals surface area contributed by atoms with Crippen molar-refractivity contribution in [1.29, 1.82) is 0 Å². The molecule has 140 valence electrons. The molecule has 0 spiro atoms. The first-order valence-corrected chi connectivity index (χ1v) is 9.42. The highest BCUT2D eigenvalue weighted by molar-refractivity contribution is 9.10. The highest BCUT2D eigenvalue weighted by Gasteiger charge is 2.33. The van der Waals surface area contributed by atoms with E-state index in [-0.39, 0.29) is 12.3 Å². The molecular weight excluding hydrogens is 396 g/mol. The fourth-order valence-electron chi connectivity index (χ4n) is 3.04. The minimum absolute atomic E-state index is 0.0519. The minimum Gasteiger partial charge on any atom is -0.490 e. The molecule has 1 aromatic carbocycles. The predicted molar refractivity (Wildman–Crippen MR) is 95.5 cm³/mol. The van der Waals surface area contributed by atoms with E-state index in [0.717, 1.165) is 12.8 Å². The highest BCUT2D eigenvalue weighted by atomic mass is 79.9. The molecule has 1 atom stereocenters. The Labute approximate surface area is 155 Å². The number of rotatable bonds is 7. The standard InChI is InChI=1S/C18H24BrF2NO3/c1-3-24-15-9-12(13(19)11-16(15)25-4-2)10-17(23)22-8-6-5-7-14(22)18(20)21/h9,11,14,18H,3-8,10H2,1-2H3/t14-/m0/s1. The van der Waals surface area contributed by atoms with E-state index in [2.05, 4.69) is 15.9 Å². The van der Waals surface area contributed by atoms with Gasteiger partial charge in [0.15, 0.2) is 11.5 Å². The summed E-state index contributed by atoms with van der Waals surface area (Å²) in [5.41, 5.74) is 0.704. The summed E-state index contributed by atoms with van der Waals surface area (Å²) in [5.74, 6) is 0.868. The third-order valence-corrected chi connectivity index (χ3v) is 4.95. The minimum atomic E-state index is -2.51. The molecule has 25 heavy (non-hydrogen) atoms. The number of alkyl halides is 2. The van der Waals surface area contributed by atoms with Crippen LogP contribution in [0, 0.1) is 0 Å². The van der Waals surface area contributed by atoms with Crippen LogP contribution in [0.1, 0.15) is 38.7 Å². The van der Waals surface area contributed by atoms with E-state index >= 15 is 0 Å². The summed E-state index contributed by atoms with van der Waals surface area (Å²) in [6.45, 7) is 5.09. The molecule has 0 aliphatic carbocycles. The molecule has 1 aliphatic rings. The molecule has 7 heteroatoms. The fraction of sp³-hybridized carbons (Fsp3) is 0.611. The molecule has 0 bridgehead atoms. The summed E-state index contributed by atoms with van der Waals surface area (Å²) in [5, 5.41) is 0. The van der Waals surface area contributed by atoms with Crippen molar-refractivity contribution in [3.05, 3.63) is 22.2 Å². The first kappa shape index (κ1) is 19.9. The average molecular weight is 420 g/mol. The molecule has 2 rings (SSSR count). The second-order valence-electron chi connectivity index (χ2n) is 5.92. The van der Waals surface area contributed by atoms with Crippen molar-refractivity contribution in [3.8, 4) is 11.5 Å². The summed E-state index contributed by atoms with van der Waals surface area (Å²) >= 11 is 3.44. The second kappa shape index (κ2) is 9.36. The summed E-state index contributed by atoms with van der Waals surface area (Å²) in [4.78, 5) is 13.9. The van der Waals surface area contributed by atoms with Gasteiger partial charge in [0.1, 0.15) is 0 Å². The Balaban J connectivity index is 2.20. The van der Waals surface area contributed by atoms with Crippen LogP contribution in [0.5, 0.6) is 11.5 Å². The maximum absolute atomic E-state index is 13.2. The zero-order valence-electron chi connectivity index (χ0n) is 14.6. The number of hydrogen-bond donors (Lipinski definition) is 0. The Morgan fingerprint density at radius 1 is 1.24 bits per heavy atom. The van der Waals surface area contributed by atoms with Crippen LogP contribution in [0.15, 0.2) is 16.6 Å². The molecule has 0 saturated carbocycles. The second-order valence-corrected chi connectivity index (χ2v) is 6.77. The topological polar surface area (TPSA) is 38.8 Å². The van der Waals surface area contributed by atoms with Crippen LogP contribution in [-0.2, 0) is 11.2 Å². The molecule has 0 aromatic heterocycles. The van der Waals surface area contributed by atoms with E-state index in [1.54, 1.807) is 12.1 Å². The number of carbonyl (C=O) groups is 1. The lowest BCUT2D eigenvalue weighted by Gasteiger charge is -2.35. The molecule has 1 amide bonds. The van der Waals surface area contributed by atoms with E-state index < -0.39 is 12.5 Å². The Hall–Kier alpha value is -1.37. The van der Waals surface area contributed by atoms with Crippen LogP contribution in [0.25, 0.3) is 0 Å². The van der Waals surface area contributed by atoms with Crippen molar-refractivity contribution in [2.24, 2.45) is 0 Å². The van der Waals surface area contributed by atoms with Crippen molar-refractivity contribution in [3.63, 3.8) is 0 Å². The van der Waals surface area contributed by atoms with Crippen molar-refractivity contribution in [2.75, 3.05) is 19.8 Å². The average Bonchev–Trinajstić information content (AvgIpc) is 2.59. The maximum Gasteiger partial charge on any atom is 0.258 e.